The minimum Gasteiger partial charge on any atom is -0.460 e. The van der Waals surface area contributed by atoms with Gasteiger partial charge in [0.25, 0.3) is 0 Å². The number of carbonyl (C=O) groups excluding carboxylic acids is 3. The first kappa shape index (κ1) is 29.4. The van der Waals surface area contributed by atoms with Crippen LogP contribution < -0.4 is 10.2 Å². The van der Waals surface area contributed by atoms with E-state index in [0.717, 1.165) is 11.3 Å². The number of ether oxygens (including phenoxy) is 2. The largest absolute Gasteiger partial charge is 0.460 e. The third-order valence-electron chi connectivity index (χ3n) is 4.49. The molecule has 0 aromatic heterocycles. The van der Waals surface area contributed by atoms with E-state index in [1.54, 1.807) is 53.7 Å². The zero-order valence-corrected chi connectivity index (χ0v) is 21.2. The van der Waals surface area contributed by atoms with Crippen LogP contribution in [0.25, 0.3) is 0 Å². The minimum absolute atomic E-state index is 0.0337. The van der Waals surface area contributed by atoms with Crippen molar-refractivity contribution in [1.29, 1.82) is 0 Å². The average Bonchev–Trinajstić information content (AvgIpc) is 2.69. The van der Waals surface area contributed by atoms with E-state index in [2.05, 4.69) is 5.32 Å². The molecule has 3 N–H and O–H groups in total. The number of nitrogens with one attached hydrogen (secondary N) is 1. The Kier molecular flexibility index (Phi) is 11.5. The van der Waals surface area contributed by atoms with Crippen LogP contribution in [-0.2, 0) is 30.3 Å². The molecule has 0 aliphatic rings. The lowest BCUT2D eigenvalue weighted by molar-refractivity contribution is -0.160. The van der Waals surface area contributed by atoms with E-state index in [0.29, 0.717) is 13.1 Å². The Hall–Kier alpha value is -2.65. The Morgan fingerprint density at radius 3 is 1.91 bits per heavy atom. The second-order valence-corrected chi connectivity index (χ2v) is 10.1. The topological polar surface area (TPSA) is 125 Å². The molecule has 1 rings (SSSR count). The molecule has 0 aliphatic carbocycles. The molecule has 1 aromatic carbocycles. The van der Waals surface area contributed by atoms with Crippen LogP contribution in [0.1, 0.15) is 59.9 Å². The molecule has 0 unspecified atom stereocenters. The van der Waals surface area contributed by atoms with Gasteiger partial charge in [-0.15, -0.1) is 0 Å². The normalized spacial score (nSPS) is 12.6. The van der Waals surface area contributed by atoms with Gasteiger partial charge in [-0.25, -0.2) is 4.79 Å². The first-order chi connectivity index (χ1) is 15.7. The SMILES string of the molecule is CC(C)(C)OC(=O)CC[C@H](NC(=O)Cc1ccc(N(CCO)CCO)cc1)C(=O)OC(C)(C)C. The van der Waals surface area contributed by atoms with Gasteiger partial charge in [-0.05, 0) is 65.7 Å². The standard InChI is InChI=1S/C25H40N2O7/c1-24(2,3)33-22(31)12-11-20(23(32)34-25(4,5)6)26-21(30)17-18-7-9-19(10-8-18)27(13-15-28)14-16-29/h7-10,20,28-29H,11-17H2,1-6H3,(H,26,30)/t20-/m0/s1. The lowest BCUT2D eigenvalue weighted by Gasteiger charge is -2.25. The van der Waals surface area contributed by atoms with Gasteiger partial charge in [0.1, 0.15) is 17.2 Å². The summed E-state index contributed by atoms with van der Waals surface area (Å²) in [6, 6.07) is 6.19. The fraction of sp³-hybridized carbons (Fsp3) is 0.640. The van der Waals surface area contributed by atoms with E-state index in [1.807, 2.05) is 17.0 Å². The van der Waals surface area contributed by atoms with Crippen LogP contribution in [0.5, 0.6) is 0 Å². The molecule has 0 spiro atoms. The number of esters is 2. The number of aliphatic hydroxyl groups is 2. The van der Waals surface area contributed by atoms with Gasteiger partial charge in [-0.2, -0.15) is 0 Å². The van der Waals surface area contributed by atoms with Crippen LogP contribution in [0.2, 0.25) is 0 Å². The van der Waals surface area contributed by atoms with Crippen molar-refractivity contribution < 1.29 is 34.1 Å². The Balaban J connectivity index is 2.82. The van der Waals surface area contributed by atoms with E-state index < -0.39 is 29.2 Å². The summed E-state index contributed by atoms with van der Waals surface area (Å²) in [6.07, 6.45) is 0.0551. The van der Waals surface area contributed by atoms with Crippen molar-refractivity contribution in [2.24, 2.45) is 0 Å². The number of nitrogens with zero attached hydrogens (tertiary/aromatic N) is 1. The summed E-state index contributed by atoms with van der Waals surface area (Å²) >= 11 is 0. The van der Waals surface area contributed by atoms with Crippen LogP contribution in [0.3, 0.4) is 0 Å². The Bertz CT molecular complexity index is 789. The van der Waals surface area contributed by atoms with E-state index >= 15 is 0 Å². The van der Waals surface area contributed by atoms with Crippen molar-refractivity contribution in [3.05, 3.63) is 29.8 Å². The quantitative estimate of drug-likeness (QED) is 0.388. The van der Waals surface area contributed by atoms with E-state index in [1.165, 1.54) is 0 Å². The van der Waals surface area contributed by atoms with Gasteiger partial charge in [0.15, 0.2) is 0 Å². The molecule has 0 heterocycles. The molecule has 0 radical (unpaired) electrons. The van der Waals surface area contributed by atoms with Gasteiger partial charge in [0.05, 0.1) is 19.6 Å². The van der Waals surface area contributed by atoms with Gasteiger partial charge < -0.3 is 29.9 Å². The summed E-state index contributed by atoms with van der Waals surface area (Å²) in [5.41, 5.74) is 0.162. The number of carbonyl (C=O) groups is 3. The average molecular weight is 481 g/mol. The number of aliphatic hydroxyl groups excluding tert-OH is 2. The molecule has 9 nitrogen and oxygen atoms in total. The fourth-order valence-corrected chi connectivity index (χ4v) is 3.14. The minimum atomic E-state index is -0.983. The second-order valence-electron chi connectivity index (χ2n) is 10.1. The molecular formula is C25H40N2O7. The van der Waals surface area contributed by atoms with Crippen LogP contribution in [0, 0.1) is 0 Å². The highest BCUT2D eigenvalue weighted by Gasteiger charge is 2.28. The smallest absolute Gasteiger partial charge is 0.329 e. The predicted molar refractivity (Wildman–Crippen MR) is 129 cm³/mol. The number of anilines is 1. The summed E-state index contributed by atoms with van der Waals surface area (Å²) in [4.78, 5) is 39.3. The summed E-state index contributed by atoms with van der Waals surface area (Å²) in [7, 11) is 0. The van der Waals surface area contributed by atoms with Crippen molar-refractivity contribution >= 4 is 23.5 Å². The lowest BCUT2D eigenvalue weighted by Crippen LogP contribution is -2.45. The molecule has 0 fully saturated rings. The maximum atomic E-state index is 12.7. The zero-order valence-electron chi connectivity index (χ0n) is 21.2. The van der Waals surface area contributed by atoms with Gasteiger partial charge in [-0.3, -0.25) is 9.59 Å². The highest BCUT2D eigenvalue weighted by Crippen LogP contribution is 2.16. The van der Waals surface area contributed by atoms with E-state index in [4.69, 9.17) is 9.47 Å². The Morgan fingerprint density at radius 1 is 0.912 bits per heavy atom. The van der Waals surface area contributed by atoms with Crippen molar-refractivity contribution in [1.82, 2.24) is 5.32 Å². The van der Waals surface area contributed by atoms with Crippen LogP contribution in [0.15, 0.2) is 24.3 Å². The Labute approximate surface area is 202 Å². The third-order valence-corrected chi connectivity index (χ3v) is 4.49. The van der Waals surface area contributed by atoms with Crippen molar-refractivity contribution in [3.8, 4) is 0 Å². The molecule has 9 heteroatoms. The monoisotopic (exact) mass is 480 g/mol. The molecule has 0 saturated heterocycles. The summed E-state index contributed by atoms with van der Waals surface area (Å²) in [5, 5.41) is 21.1. The maximum Gasteiger partial charge on any atom is 0.329 e. The fourth-order valence-electron chi connectivity index (χ4n) is 3.14. The molecule has 0 bridgehead atoms. The first-order valence-electron chi connectivity index (χ1n) is 11.5. The second kappa shape index (κ2) is 13.3. The summed E-state index contributed by atoms with van der Waals surface area (Å²) < 4.78 is 10.7. The van der Waals surface area contributed by atoms with Gasteiger partial charge in [0, 0.05) is 25.2 Å². The third kappa shape index (κ3) is 12.0. The molecule has 192 valence electrons. The Morgan fingerprint density at radius 2 is 1.44 bits per heavy atom. The number of hydrogen-bond donors (Lipinski definition) is 3. The van der Waals surface area contributed by atoms with Gasteiger partial charge in [0.2, 0.25) is 5.91 Å². The molecule has 1 atom stereocenters. The number of rotatable bonds is 12. The maximum absolute atomic E-state index is 12.7. The zero-order chi connectivity index (χ0) is 25.9. The molecule has 0 aliphatic heterocycles. The predicted octanol–water partition coefficient (Wildman–Crippen LogP) is 1.97. The van der Waals surface area contributed by atoms with Gasteiger partial charge >= 0.3 is 11.9 Å². The van der Waals surface area contributed by atoms with Gasteiger partial charge in [-0.1, -0.05) is 12.1 Å². The van der Waals surface area contributed by atoms with Crippen molar-refractivity contribution in [2.45, 2.75) is 78.0 Å². The molecule has 0 saturated carbocycles. The summed E-state index contributed by atoms with van der Waals surface area (Å²) in [5.74, 6) is -1.44. The lowest BCUT2D eigenvalue weighted by atomic mass is 10.1. The molecular weight excluding hydrogens is 440 g/mol. The number of hydrogen-bond acceptors (Lipinski definition) is 8. The van der Waals surface area contributed by atoms with Crippen LogP contribution in [0.4, 0.5) is 5.69 Å². The first-order valence-corrected chi connectivity index (χ1v) is 11.5. The van der Waals surface area contributed by atoms with Crippen LogP contribution in [-0.4, -0.2) is 71.6 Å². The number of amides is 1. The van der Waals surface area contributed by atoms with Crippen LogP contribution >= 0.6 is 0 Å². The van der Waals surface area contributed by atoms with Crippen molar-refractivity contribution in [3.63, 3.8) is 0 Å². The molecule has 34 heavy (non-hydrogen) atoms. The number of benzene rings is 1. The molecule has 1 aromatic rings. The highest BCUT2D eigenvalue weighted by atomic mass is 16.6. The van der Waals surface area contributed by atoms with E-state index in [-0.39, 0.29) is 38.4 Å². The highest BCUT2D eigenvalue weighted by molar-refractivity contribution is 5.86. The molecule has 1 amide bonds. The van der Waals surface area contributed by atoms with Crippen molar-refractivity contribution in [2.75, 3.05) is 31.2 Å². The summed E-state index contributed by atoms with van der Waals surface area (Å²) in [6.45, 7) is 11.2. The van der Waals surface area contributed by atoms with E-state index in [9.17, 15) is 24.6 Å².